The van der Waals surface area contributed by atoms with Crippen molar-refractivity contribution in [2.45, 2.75) is 12.6 Å². The Balaban J connectivity index is 3.55. The minimum absolute atomic E-state index is 0.211. The summed E-state index contributed by atoms with van der Waals surface area (Å²) >= 11 is 5.10. The van der Waals surface area contributed by atoms with Crippen LogP contribution in [0.3, 0.4) is 0 Å². The number of rotatable bonds is 2. The van der Waals surface area contributed by atoms with Gasteiger partial charge in [0.2, 0.25) is 0 Å². The topological polar surface area (TPSA) is 56.0 Å². The summed E-state index contributed by atoms with van der Waals surface area (Å²) in [6.07, 6.45) is -8.51. The second-order valence-corrected chi connectivity index (χ2v) is 3.16. The van der Waals surface area contributed by atoms with E-state index in [2.05, 4.69) is 4.98 Å². The third-order valence-corrected chi connectivity index (χ3v) is 2.02. The first-order chi connectivity index (χ1) is 7.64. The Morgan fingerprint density at radius 3 is 2.29 bits per heavy atom. The van der Waals surface area contributed by atoms with E-state index >= 15 is 0 Å². The molecule has 0 bridgehead atoms. The first-order valence-corrected chi connectivity index (χ1v) is 4.22. The van der Waals surface area contributed by atoms with Crippen LogP contribution in [-0.4, -0.2) is 9.91 Å². The number of aromatic nitrogens is 1. The van der Waals surface area contributed by atoms with Gasteiger partial charge in [0, 0.05) is 6.07 Å². The molecule has 0 fully saturated rings. The van der Waals surface area contributed by atoms with E-state index < -0.39 is 39.6 Å². The van der Waals surface area contributed by atoms with E-state index in [-0.39, 0.29) is 6.07 Å². The number of nitrogens with zero attached hydrogens (tertiary/aromatic N) is 2. The zero-order valence-electron chi connectivity index (χ0n) is 7.63. The van der Waals surface area contributed by atoms with Gasteiger partial charge in [0.15, 0.2) is 5.69 Å². The van der Waals surface area contributed by atoms with Gasteiger partial charge in [-0.15, -0.1) is 0 Å². The lowest BCUT2D eigenvalue weighted by atomic mass is 10.2. The Hall–Kier alpha value is -1.51. The van der Waals surface area contributed by atoms with Crippen LogP contribution in [0.25, 0.3) is 0 Å². The van der Waals surface area contributed by atoms with Gasteiger partial charge in [-0.3, -0.25) is 10.1 Å². The largest absolute Gasteiger partial charge is 0.435 e. The number of hydrogen-bond donors (Lipinski definition) is 0. The number of halogens is 6. The van der Waals surface area contributed by atoms with Crippen molar-refractivity contribution in [2.24, 2.45) is 0 Å². The predicted molar refractivity (Wildman–Crippen MR) is 45.9 cm³/mol. The summed E-state index contributed by atoms with van der Waals surface area (Å²) in [5, 5.41) is 9.04. The molecule has 0 amide bonds. The lowest BCUT2D eigenvalue weighted by Gasteiger charge is -2.09. The molecule has 0 unspecified atom stereocenters. The SMILES string of the molecule is O=[N+]([O-])c1cc(C(F)F)nc(C(F)(F)F)c1Cl. The molecular formula is C7H2ClF5N2O2. The van der Waals surface area contributed by atoms with Crippen molar-refractivity contribution >= 4 is 17.3 Å². The van der Waals surface area contributed by atoms with E-state index in [1.54, 1.807) is 0 Å². The fourth-order valence-corrected chi connectivity index (χ4v) is 1.24. The van der Waals surface area contributed by atoms with Crippen LogP contribution in [0.2, 0.25) is 5.02 Å². The van der Waals surface area contributed by atoms with Crippen LogP contribution in [0.1, 0.15) is 17.8 Å². The van der Waals surface area contributed by atoms with Gasteiger partial charge in [-0.1, -0.05) is 11.6 Å². The fraction of sp³-hybridized carbons (Fsp3) is 0.286. The zero-order valence-corrected chi connectivity index (χ0v) is 8.39. The molecule has 1 aromatic rings. The number of nitro groups is 1. The van der Waals surface area contributed by atoms with Crippen LogP contribution < -0.4 is 0 Å². The highest BCUT2D eigenvalue weighted by Crippen LogP contribution is 2.39. The molecule has 94 valence electrons. The molecule has 0 aromatic carbocycles. The Morgan fingerprint density at radius 1 is 1.41 bits per heavy atom. The summed E-state index contributed by atoms with van der Waals surface area (Å²) in [6.45, 7) is 0. The third kappa shape index (κ3) is 2.78. The molecule has 4 nitrogen and oxygen atoms in total. The van der Waals surface area contributed by atoms with Crippen molar-refractivity contribution in [3.05, 3.63) is 32.6 Å². The minimum atomic E-state index is -5.15. The standard InChI is InChI=1S/C7H2ClF5N2O2/c8-4-3(15(16)17)1-2(6(9)10)14-5(4)7(11,12)13/h1,6H. The molecule has 0 N–H and O–H groups in total. The van der Waals surface area contributed by atoms with E-state index in [4.69, 9.17) is 11.6 Å². The molecule has 0 spiro atoms. The van der Waals surface area contributed by atoms with Gasteiger partial charge in [0.25, 0.3) is 12.1 Å². The first kappa shape index (κ1) is 13.6. The monoisotopic (exact) mass is 276 g/mol. The smallest absolute Gasteiger partial charge is 0.258 e. The van der Waals surface area contributed by atoms with Crippen LogP contribution in [-0.2, 0) is 6.18 Å². The molecule has 0 saturated heterocycles. The Bertz CT molecular complexity index is 462. The Kier molecular flexibility index (Phi) is 3.51. The minimum Gasteiger partial charge on any atom is -0.258 e. The highest BCUT2D eigenvalue weighted by molar-refractivity contribution is 6.33. The second kappa shape index (κ2) is 4.40. The van der Waals surface area contributed by atoms with E-state index in [1.165, 1.54) is 0 Å². The van der Waals surface area contributed by atoms with E-state index in [9.17, 15) is 32.1 Å². The normalized spacial score (nSPS) is 11.9. The number of alkyl halides is 5. The van der Waals surface area contributed by atoms with Gasteiger partial charge in [0.1, 0.15) is 10.7 Å². The van der Waals surface area contributed by atoms with Crippen molar-refractivity contribution in [3.8, 4) is 0 Å². The molecule has 17 heavy (non-hydrogen) atoms. The second-order valence-electron chi connectivity index (χ2n) is 2.78. The maximum atomic E-state index is 12.3. The first-order valence-electron chi connectivity index (χ1n) is 3.84. The zero-order chi connectivity index (χ0) is 13.4. The van der Waals surface area contributed by atoms with Gasteiger partial charge in [-0.2, -0.15) is 13.2 Å². The summed E-state index contributed by atoms with van der Waals surface area (Å²) in [4.78, 5) is 11.6. The lowest BCUT2D eigenvalue weighted by molar-refractivity contribution is -0.385. The van der Waals surface area contributed by atoms with Crippen molar-refractivity contribution in [2.75, 3.05) is 0 Å². The Labute approximate surface area is 95.2 Å². The maximum absolute atomic E-state index is 12.3. The average molecular weight is 277 g/mol. The van der Waals surface area contributed by atoms with Crippen LogP contribution in [0.5, 0.6) is 0 Å². The molecule has 0 saturated carbocycles. The lowest BCUT2D eigenvalue weighted by Crippen LogP contribution is -2.12. The summed E-state index contributed by atoms with van der Waals surface area (Å²) in [5.41, 5.74) is -4.51. The third-order valence-electron chi connectivity index (χ3n) is 1.65. The van der Waals surface area contributed by atoms with Gasteiger partial charge in [-0.05, 0) is 0 Å². The molecule has 0 atom stereocenters. The van der Waals surface area contributed by atoms with Crippen LogP contribution in [0.15, 0.2) is 6.07 Å². The molecule has 0 aliphatic heterocycles. The van der Waals surface area contributed by atoms with E-state index in [1.807, 2.05) is 0 Å². The molecule has 0 aliphatic rings. The van der Waals surface area contributed by atoms with E-state index in [0.29, 0.717) is 0 Å². The molecule has 0 radical (unpaired) electrons. The van der Waals surface area contributed by atoms with Gasteiger partial charge >= 0.3 is 6.18 Å². The predicted octanol–water partition coefficient (Wildman–Crippen LogP) is 3.60. The fourth-order valence-electron chi connectivity index (χ4n) is 0.968. The van der Waals surface area contributed by atoms with E-state index in [0.717, 1.165) is 0 Å². The van der Waals surface area contributed by atoms with Gasteiger partial charge in [0.05, 0.1) is 4.92 Å². The van der Waals surface area contributed by atoms with Crippen LogP contribution in [0.4, 0.5) is 27.6 Å². The van der Waals surface area contributed by atoms with Crippen molar-refractivity contribution in [1.82, 2.24) is 4.98 Å². The molecule has 1 heterocycles. The quantitative estimate of drug-likeness (QED) is 0.471. The Morgan fingerprint density at radius 2 is 1.94 bits per heavy atom. The number of hydrogen-bond acceptors (Lipinski definition) is 3. The summed E-state index contributed by atoms with van der Waals surface area (Å²) < 4.78 is 61.4. The maximum Gasteiger partial charge on any atom is 0.435 e. The molecular weight excluding hydrogens is 275 g/mol. The van der Waals surface area contributed by atoms with Crippen LogP contribution in [0, 0.1) is 10.1 Å². The van der Waals surface area contributed by atoms with Crippen LogP contribution >= 0.6 is 11.6 Å². The molecule has 10 heteroatoms. The van der Waals surface area contributed by atoms with Crippen molar-refractivity contribution in [3.63, 3.8) is 0 Å². The number of pyridine rings is 1. The highest BCUT2D eigenvalue weighted by atomic mass is 35.5. The summed E-state index contributed by atoms with van der Waals surface area (Å²) in [7, 11) is 0. The van der Waals surface area contributed by atoms with Gasteiger partial charge < -0.3 is 0 Å². The van der Waals surface area contributed by atoms with Crippen molar-refractivity contribution in [1.29, 1.82) is 0 Å². The van der Waals surface area contributed by atoms with Gasteiger partial charge in [-0.25, -0.2) is 13.8 Å². The van der Waals surface area contributed by atoms with Crippen molar-refractivity contribution < 1.29 is 26.9 Å². The molecule has 1 rings (SSSR count). The molecule has 1 aromatic heterocycles. The summed E-state index contributed by atoms with van der Waals surface area (Å²) in [6, 6.07) is 0.211. The highest BCUT2D eigenvalue weighted by Gasteiger charge is 2.39. The molecule has 0 aliphatic carbocycles. The summed E-state index contributed by atoms with van der Waals surface area (Å²) in [5.74, 6) is 0. The average Bonchev–Trinajstić information content (AvgIpc) is 2.15.